The number of hydrogen-bond acceptors (Lipinski definition) is 6. The smallest absolute Gasteiger partial charge is 0.407 e. The van der Waals surface area contributed by atoms with E-state index in [2.05, 4.69) is 10.6 Å². The van der Waals surface area contributed by atoms with Gasteiger partial charge in [0.05, 0.1) is 6.42 Å². The predicted molar refractivity (Wildman–Crippen MR) is 166 cm³/mol. The van der Waals surface area contributed by atoms with Crippen molar-refractivity contribution in [1.29, 1.82) is 0 Å². The zero-order chi connectivity index (χ0) is 32.7. The Morgan fingerprint density at radius 3 is 1.89 bits per heavy atom. The molecule has 0 fully saturated rings. The molecule has 4 atom stereocenters. The third-order valence-electron chi connectivity index (χ3n) is 8.20. The number of carbonyl (C=O) groups excluding carboxylic acids is 4. The summed E-state index contributed by atoms with van der Waals surface area (Å²) in [6.07, 6.45) is -0.795. The number of ether oxygens (including phenoxy) is 1. The zero-order valence-electron chi connectivity index (χ0n) is 26.5. The van der Waals surface area contributed by atoms with Crippen LogP contribution in [0.5, 0.6) is 0 Å². The maximum Gasteiger partial charge on any atom is 0.407 e. The fourth-order valence-electron chi connectivity index (χ4n) is 5.68. The first-order valence-corrected chi connectivity index (χ1v) is 14.9. The molecule has 3 N–H and O–H groups in total. The average molecular weight is 609 g/mol. The number of carboxylic acids is 1. The number of nitrogens with zero attached hydrogens (tertiary/aromatic N) is 2. The summed E-state index contributed by atoms with van der Waals surface area (Å²) in [6, 6.07) is 12.6. The van der Waals surface area contributed by atoms with Crippen molar-refractivity contribution in [3.63, 3.8) is 0 Å². The van der Waals surface area contributed by atoms with E-state index < -0.39 is 60.2 Å². The van der Waals surface area contributed by atoms with Crippen LogP contribution in [-0.4, -0.2) is 90.6 Å². The molecule has 0 spiro atoms. The van der Waals surface area contributed by atoms with Crippen molar-refractivity contribution < 1.29 is 33.8 Å². The molecule has 0 radical (unpaired) electrons. The highest BCUT2D eigenvalue weighted by molar-refractivity contribution is 5.95. The van der Waals surface area contributed by atoms with Gasteiger partial charge in [0.15, 0.2) is 0 Å². The topological polar surface area (TPSA) is 145 Å². The van der Waals surface area contributed by atoms with Crippen molar-refractivity contribution in [2.45, 2.75) is 64.6 Å². The van der Waals surface area contributed by atoms with E-state index in [1.54, 1.807) is 13.8 Å². The Balaban J connectivity index is 1.75. The number of likely N-dealkylation sites (N-methyl/N-ethyl adjacent to an activating group) is 2. The molecular formula is C33H44N4O7. The highest BCUT2D eigenvalue weighted by Crippen LogP contribution is 2.44. The second-order valence-corrected chi connectivity index (χ2v) is 11.9. The van der Waals surface area contributed by atoms with Gasteiger partial charge in [0, 0.05) is 27.1 Å². The fourth-order valence-corrected chi connectivity index (χ4v) is 5.68. The van der Waals surface area contributed by atoms with Crippen molar-refractivity contribution in [2.75, 3.05) is 27.7 Å². The SMILES string of the molecule is CC[C@H](C)[C@H](NC(=O)OCC1c2ccccc2-c2ccccc21)C(=O)N(C)[C@@H](C(=O)N[C@@H](CC(=O)O)C(=O)N(C)C)C(C)C. The van der Waals surface area contributed by atoms with Gasteiger partial charge < -0.3 is 30.3 Å². The van der Waals surface area contributed by atoms with Crippen LogP contribution in [0.2, 0.25) is 0 Å². The van der Waals surface area contributed by atoms with Crippen LogP contribution in [-0.2, 0) is 23.9 Å². The monoisotopic (exact) mass is 608 g/mol. The van der Waals surface area contributed by atoms with Gasteiger partial charge in [0.2, 0.25) is 17.7 Å². The summed E-state index contributed by atoms with van der Waals surface area (Å²) in [5.41, 5.74) is 4.33. The first-order chi connectivity index (χ1) is 20.8. The van der Waals surface area contributed by atoms with E-state index in [0.717, 1.165) is 22.3 Å². The molecule has 0 aromatic heterocycles. The highest BCUT2D eigenvalue weighted by atomic mass is 16.5. The molecule has 0 saturated carbocycles. The van der Waals surface area contributed by atoms with Crippen LogP contribution in [0.25, 0.3) is 11.1 Å². The molecular weight excluding hydrogens is 564 g/mol. The lowest BCUT2D eigenvalue weighted by Crippen LogP contribution is -2.59. The number of amides is 4. The standard InChI is InChI=1S/C33H44N4O7/c1-8-20(4)28(32(42)37(7)29(19(2)3)30(40)34-26(17-27(38)39)31(41)36(5)6)35-33(43)44-18-25-23-15-11-9-13-21(23)22-14-10-12-16-24(22)25/h9-16,19-20,25-26,28-29H,8,17-18H2,1-7H3,(H,34,40)(H,35,43)(H,38,39)/t20-,26-,28-,29+/m0/s1. The third kappa shape index (κ3) is 7.75. The number of nitrogens with one attached hydrogen (secondary N) is 2. The Hall–Kier alpha value is -4.41. The van der Waals surface area contributed by atoms with Crippen LogP contribution in [0, 0.1) is 11.8 Å². The summed E-state index contributed by atoms with van der Waals surface area (Å²) in [5, 5.41) is 14.5. The molecule has 11 nitrogen and oxygen atoms in total. The molecule has 0 unspecified atom stereocenters. The summed E-state index contributed by atoms with van der Waals surface area (Å²) < 4.78 is 5.69. The van der Waals surface area contributed by atoms with Gasteiger partial charge in [-0.25, -0.2) is 4.79 Å². The number of fused-ring (bicyclic) bond motifs is 3. The van der Waals surface area contributed by atoms with Gasteiger partial charge in [-0.15, -0.1) is 0 Å². The van der Waals surface area contributed by atoms with Crippen molar-refractivity contribution >= 4 is 29.8 Å². The lowest BCUT2D eigenvalue weighted by atomic mass is 9.95. The summed E-state index contributed by atoms with van der Waals surface area (Å²) >= 11 is 0. The lowest BCUT2D eigenvalue weighted by Gasteiger charge is -2.35. The maximum absolute atomic E-state index is 13.8. The number of carbonyl (C=O) groups is 5. The summed E-state index contributed by atoms with van der Waals surface area (Å²) in [6.45, 7) is 7.28. The summed E-state index contributed by atoms with van der Waals surface area (Å²) in [4.78, 5) is 66.8. The van der Waals surface area contributed by atoms with Crippen LogP contribution in [0.1, 0.15) is 57.6 Å². The molecule has 0 aliphatic heterocycles. The molecule has 238 valence electrons. The highest BCUT2D eigenvalue weighted by Gasteiger charge is 2.38. The Kier molecular flexibility index (Phi) is 11.5. The van der Waals surface area contributed by atoms with Crippen LogP contribution < -0.4 is 10.6 Å². The molecule has 0 bridgehead atoms. The van der Waals surface area contributed by atoms with Crippen LogP contribution >= 0.6 is 0 Å². The van der Waals surface area contributed by atoms with E-state index >= 15 is 0 Å². The lowest BCUT2D eigenvalue weighted by molar-refractivity contribution is -0.146. The molecule has 0 heterocycles. The van der Waals surface area contributed by atoms with E-state index in [-0.39, 0.29) is 18.4 Å². The Morgan fingerprint density at radius 1 is 0.864 bits per heavy atom. The van der Waals surface area contributed by atoms with Crippen molar-refractivity contribution in [3.05, 3.63) is 59.7 Å². The van der Waals surface area contributed by atoms with Crippen LogP contribution in [0.4, 0.5) is 4.79 Å². The Morgan fingerprint density at radius 2 is 1.41 bits per heavy atom. The first kappa shape index (κ1) is 34.1. The largest absolute Gasteiger partial charge is 0.481 e. The second kappa shape index (κ2) is 14.9. The number of rotatable bonds is 13. The molecule has 44 heavy (non-hydrogen) atoms. The zero-order valence-corrected chi connectivity index (χ0v) is 26.5. The van der Waals surface area contributed by atoms with E-state index in [9.17, 15) is 29.1 Å². The first-order valence-electron chi connectivity index (χ1n) is 14.9. The average Bonchev–Trinajstić information content (AvgIpc) is 3.30. The number of hydrogen-bond donors (Lipinski definition) is 3. The van der Waals surface area contributed by atoms with Crippen molar-refractivity contribution in [3.8, 4) is 11.1 Å². The van der Waals surface area contributed by atoms with Crippen molar-refractivity contribution in [2.24, 2.45) is 11.8 Å². The minimum absolute atomic E-state index is 0.0824. The van der Waals surface area contributed by atoms with E-state index in [1.807, 2.05) is 62.4 Å². The van der Waals surface area contributed by atoms with Gasteiger partial charge >= 0.3 is 12.1 Å². The van der Waals surface area contributed by atoms with Crippen LogP contribution in [0.15, 0.2) is 48.5 Å². The van der Waals surface area contributed by atoms with Gasteiger partial charge in [-0.1, -0.05) is 82.6 Å². The van der Waals surface area contributed by atoms with Crippen molar-refractivity contribution in [1.82, 2.24) is 20.4 Å². The minimum Gasteiger partial charge on any atom is -0.481 e. The molecule has 3 rings (SSSR count). The van der Waals surface area contributed by atoms with Crippen LogP contribution in [0.3, 0.4) is 0 Å². The molecule has 0 saturated heterocycles. The molecule has 1 aliphatic carbocycles. The van der Waals surface area contributed by atoms with Gasteiger partial charge in [0.25, 0.3) is 0 Å². The van der Waals surface area contributed by atoms with Gasteiger partial charge in [-0.05, 0) is 34.1 Å². The maximum atomic E-state index is 13.8. The number of aliphatic carboxylic acids is 1. The second-order valence-electron chi connectivity index (χ2n) is 11.9. The Bertz CT molecular complexity index is 1330. The molecule has 1 aliphatic rings. The quantitative estimate of drug-likeness (QED) is 0.316. The van der Waals surface area contributed by atoms with E-state index in [4.69, 9.17) is 4.74 Å². The molecule has 2 aromatic rings. The molecule has 2 aromatic carbocycles. The number of alkyl carbamates (subject to hydrolysis) is 1. The summed E-state index contributed by atoms with van der Waals surface area (Å²) in [7, 11) is 4.39. The van der Waals surface area contributed by atoms with E-state index in [0.29, 0.717) is 6.42 Å². The fraction of sp³-hybridized carbons (Fsp3) is 0.485. The predicted octanol–water partition coefficient (Wildman–Crippen LogP) is 3.47. The minimum atomic E-state index is -1.30. The Labute approximate surface area is 258 Å². The van der Waals surface area contributed by atoms with E-state index in [1.165, 1.54) is 30.9 Å². The summed E-state index contributed by atoms with van der Waals surface area (Å²) in [5.74, 6) is -3.83. The normalized spacial score (nSPS) is 14.8. The third-order valence-corrected chi connectivity index (χ3v) is 8.20. The number of benzene rings is 2. The van der Waals surface area contributed by atoms with Gasteiger partial charge in [0.1, 0.15) is 24.7 Å². The van der Waals surface area contributed by atoms with Gasteiger partial charge in [-0.2, -0.15) is 0 Å². The molecule has 11 heteroatoms. The van der Waals surface area contributed by atoms with Gasteiger partial charge in [-0.3, -0.25) is 19.2 Å². The number of carboxylic acid groups (broad SMARTS) is 1. The molecule has 4 amide bonds.